The lowest BCUT2D eigenvalue weighted by atomic mass is 10.0. The molecule has 8 heteroatoms. The number of thiophene rings is 1. The summed E-state index contributed by atoms with van der Waals surface area (Å²) in [6.07, 6.45) is 0.601. The van der Waals surface area contributed by atoms with Gasteiger partial charge in [-0.25, -0.2) is 13.1 Å². The van der Waals surface area contributed by atoms with Crippen LogP contribution in [0.4, 0.5) is 0 Å². The monoisotopic (exact) mass is 290 g/mol. The topological polar surface area (TPSA) is 98.5 Å². The van der Waals surface area contributed by atoms with Crippen molar-refractivity contribution in [1.82, 2.24) is 4.72 Å². The first kappa shape index (κ1) is 13.5. The highest BCUT2D eigenvalue weighted by molar-refractivity contribution is 7.91. The lowest BCUT2D eigenvalue weighted by Gasteiger charge is -2.22. The minimum absolute atomic E-state index is 0.0232. The van der Waals surface area contributed by atoms with Crippen molar-refractivity contribution in [2.75, 3.05) is 13.2 Å². The molecule has 1 amide bonds. The number of ether oxygens (including phenoxy) is 1. The maximum atomic E-state index is 12.2. The van der Waals surface area contributed by atoms with Gasteiger partial charge >= 0.3 is 0 Å². The predicted molar refractivity (Wildman–Crippen MR) is 67.0 cm³/mol. The molecule has 0 saturated carbocycles. The zero-order valence-electron chi connectivity index (χ0n) is 9.80. The van der Waals surface area contributed by atoms with E-state index >= 15 is 0 Å². The zero-order chi connectivity index (χ0) is 13.4. The number of rotatable bonds is 4. The maximum absolute atomic E-state index is 12.2. The first-order chi connectivity index (χ1) is 8.34. The molecule has 2 rings (SSSR count). The highest BCUT2D eigenvalue weighted by Crippen LogP contribution is 2.26. The van der Waals surface area contributed by atoms with Gasteiger partial charge in [-0.3, -0.25) is 4.79 Å². The molecule has 0 radical (unpaired) electrons. The van der Waals surface area contributed by atoms with Gasteiger partial charge in [-0.1, -0.05) is 0 Å². The van der Waals surface area contributed by atoms with Crippen LogP contribution in [0.25, 0.3) is 0 Å². The van der Waals surface area contributed by atoms with E-state index in [-0.39, 0.29) is 9.77 Å². The molecule has 1 aliphatic heterocycles. The Hall–Kier alpha value is -0.960. The lowest BCUT2D eigenvalue weighted by Crippen LogP contribution is -2.46. The van der Waals surface area contributed by atoms with Crippen LogP contribution in [0.5, 0.6) is 0 Å². The standard InChI is InChI=1S/C10H14N2O4S2/c1-10(3-4-16-6-10)12-18(14,15)9-7(8(11)13)2-5-17-9/h2,5,12H,3-4,6H2,1H3,(H2,11,13). The summed E-state index contributed by atoms with van der Waals surface area (Å²) in [6, 6.07) is 1.41. The van der Waals surface area contributed by atoms with Crippen molar-refractivity contribution in [3.63, 3.8) is 0 Å². The molecule has 1 atom stereocenters. The van der Waals surface area contributed by atoms with E-state index in [1.807, 2.05) is 0 Å². The van der Waals surface area contributed by atoms with E-state index in [4.69, 9.17) is 10.5 Å². The van der Waals surface area contributed by atoms with Gasteiger partial charge in [0.2, 0.25) is 0 Å². The Morgan fingerprint density at radius 1 is 1.61 bits per heavy atom. The molecule has 1 aromatic rings. The fourth-order valence-corrected chi connectivity index (χ4v) is 4.59. The van der Waals surface area contributed by atoms with Gasteiger partial charge in [-0.15, -0.1) is 11.3 Å². The summed E-state index contributed by atoms with van der Waals surface area (Å²) in [4.78, 5) is 11.2. The van der Waals surface area contributed by atoms with Gasteiger partial charge in [0.25, 0.3) is 15.9 Å². The number of primary amides is 1. The van der Waals surface area contributed by atoms with E-state index in [0.29, 0.717) is 19.6 Å². The Labute approximate surface area is 109 Å². The summed E-state index contributed by atoms with van der Waals surface area (Å²) in [5.41, 5.74) is 4.54. The van der Waals surface area contributed by atoms with Crippen LogP contribution in [0, 0.1) is 0 Å². The Morgan fingerprint density at radius 2 is 2.33 bits per heavy atom. The molecule has 3 N–H and O–H groups in total. The van der Waals surface area contributed by atoms with Crippen molar-refractivity contribution in [2.24, 2.45) is 5.73 Å². The lowest BCUT2D eigenvalue weighted by molar-refractivity contribution is 0.0998. The minimum Gasteiger partial charge on any atom is -0.379 e. The largest absolute Gasteiger partial charge is 0.379 e. The highest BCUT2D eigenvalue weighted by Gasteiger charge is 2.36. The van der Waals surface area contributed by atoms with Crippen molar-refractivity contribution in [1.29, 1.82) is 0 Å². The van der Waals surface area contributed by atoms with Crippen LogP contribution < -0.4 is 10.5 Å². The van der Waals surface area contributed by atoms with Crippen LogP contribution in [0.2, 0.25) is 0 Å². The third kappa shape index (κ3) is 2.56. The Morgan fingerprint density at radius 3 is 2.89 bits per heavy atom. The molecule has 1 fully saturated rings. The van der Waals surface area contributed by atoms with Crippen LogP contribution in [0.1, 0.15) is 23.7 Å². The number of hydrogen-bond donors (Lipinski definition) is 2. The van der Waals surface area contributed by atoms with E-state index in [9.17, 15) is 13.2 Å². The number of carbonyl (C=O) groups is 1. The highest BCUT2D eigenvalue weighted by atomic mass is 32.2. The zero-order valence-corrected chi connectivity index (χ0v) is 11.4. The molecule has 0 spiro atoms. The van der Waals surface area contributed by atoms with Crippen molar-refractivity contribution in [3.05, 3.63) is 17.0 Å². The predicted octanol–water partition coefficient (Wildman–Crippen LogP) is 0.304. The van der Waals surface area contributed by atoms with Gasteiger partial charge in [-0.05, 0) is 24.8 Å². The molecule has 0 bridgehead atoms. The van der Waals surface area contributed by atoms with Crippen molar-refractivity contribution >= 4 is 27.3 Å². The quantitative estimate of drug-likeness (QED) is 0.833. The Bertz CT molecular complexity index is 558. The average Bonchev–Trinajstić information content (AvgIpc) is 2.85. The molecule has 1 aromatic heterocycles. The van der Waals surface area contributed by atoms with Crippen LogP contribution >= 0.6 is 11.3 Å². The minimum atomic E-state index is -3.75. The Kier molecular flexibility index (Phi) is 3.45. The van der Waals surface area contributed by atoms with Gasteiger partial charge in [-0.2, -0.15) is 0 Å². The first-order valence-electron chi connectivity index (χ1n) is 5.33. The van der Waals surface area contributed by atoms with E-state index < -0.39 is 21.5 Å². The van der Waals surface area contributed by atoms with Crippen LogP contribution in [0.15, 0.2) is 15.7 Å². The summed E-state index contributed by atoms with van der Waals surface area (Å²) in [5, 5.41) is 1.53. The average molecular weight is 290 g/mol. The summed E-state index contributed by atoms with van der Waals surface area (Å²) < 4.78 is 32.2. The number of carbonyl (C=O) groups excluding carboxylic acids is 1. The van der Waals surface area contributed by atoms with Crippen molar-refractivity contribution in [2.45, 2.75) is 23.1 Å². The van der Waals surface area contributed by atoms with Crippen molar-refractivity contribution < 1.29 is 17.9 Å². The number of nitrogens with two attached hydrogens (primary N) is 1. The molecular formula is C10H14N2O4S2. The molecule has 0 aliphatic carbocycles. The van der Waals surface area contributed by atoms with Crippen LogP contribution in [-0.4, -0.2) is 33.1 Å². The molecule has 6 nitrogen and oxygen atoms in total. The Balaban J connectivity index is 2.31. The molecule has 18 heavy (non-hydrogen) atoms. The summed E-state index contributed by atoms with van der Waals surface area (Å²) in [5.74, 6) is -0.746. The summed E-state index contributed by atoms with van der Waals surface area (Å²) in [6.45, 7) is 2.62. The molecule has 1 aliphatic rings. The third-order valence-electron chi connectivity index (χ3n) is 2.74. The maximum Gasteiger partial charge on any atom is 0.251 e. The van der Waals surface area contributed by atoms with E-state index in [0.717, 1.165) is 11.3 Å². The second-order valence-corrected chi connectivity index (χ2v) is 7.25. The molecule has 0 aromatic carbocycles. The van der Waals surface area contributed by atoms with Gasteiger partial charge < -0.3 is 10.5 Å². The van der Waals surface area contributed by atoms with E-state index in [1.165, 1.54) is 11.4 Å². The number of amides is 1. The SMILES string of the molecule is CC1(NS(=O)(=O)c2sccc2C(N)=O)CCOC1. The molecule has 1 unspecified atom stereocenters. The fraction of sp³-hybridized carbons (Fsp3) is 0.500. The van der Waals surface area contributed by atoms with Crippen LogP contribution in [0.3, 0.4) is 0 Å². The normalized spacial score (nSPS) is 24.3. The first-order valence-corrected chi connectivity index (χ1v) is 7.69. The molecule has 2 heterocycles. The molecule has 1 saturated heterocycles. The number of sulfonamides is 1. The van der Waals surface area contributed by atoms with Crippen molar-refractivity contribution in [3.8, 4) is 0 Å². The van der Waals surface area contributed by atoms with Crippen LogP contribution in [-0.2, 0) is 14.8 Å². The number of hydrogen-bond acceptors (Lipinski definition) is 5. The summed E-state index contributed by atoms with van der Waals surface area (Å²) in [7, 11) is -3.75. The van der Waals surface area contributed by atoms with Gasteiger partial charge in [0.15, 0.2) is 0 Å². The summed E-state index contributed by atoms with van der Waals surface area (Å²) >= 11 is 0.975. The van der Waals surface area contributed by atoms with Gasteiger partial charge in [0.05, 0.1) is 17.7 Å². The second-order valence-electron chi connectivity index (χ2n) is 4.45. The van der Waals surface area contributed by atoms with Gasteiger partial charge in [0.1, 0.15) is 4.21 Å². The van der Waals surface area contributed by atoms with Gasteiger partial charge in [0, 0.05) is 6.61 Å². The second kappa shape index (κ2) is 4.61. The molecule has 100 valence electrons. The smallest absolute Gasteiger partial charge is 0.251 e. The third-order valence-corrected chi connectivity index (χ3v) is 5.86. The molecular weight excluding hydrogens is 276 g/mol. The number of nitrogens with one attached hydrogen (secondary N) is 1. The van der Waals surface area contributed by atoms with E-state index in [1.54, 1.807) is 6.92 Å². The fourth-order valence-electron chi connectivity index (χ4n) is 1.80. The van der Waals surface area contributed by atoms with E-state index in [2.05, 4.69) is 4.72 Å².